The number of amides is 1. The standard InChI is InChI=1S/C23H22FN5OS/c1-16(22(30)28(15-7-14-25)17-8-3-2-4-9-17)31-23-27-26-21(29(23)18-12-13-18)19-10-5-6-11-20(19)24/h2-6,8-11,16,18H,7,12-13,15H2,1H3. The number of hydrogen-bond acceptors (Lipinski definition) is 5. The SMILES string of the molecule is CC(Sc1nnc(-c2ccccc2F)n1C1CC1)C(=O)N(CCC#N)c1ccccc1. The molecule has 0 spiro atoms. The molecule has 1 aromatic heterocycles. The van der Waals surface area contributed by atoms with E-state index in [-0.39, 0.29) is 24.2 Å². The van der Waals surface area contributed by atoms with Crippen LogP contribution in [0.25, 0.3) is 11.4 Å². The van der Waals surface area contributed by atoms with Crippen molar-refractivity contribution in [3.63, 3.8) is 0 Å². The minimum atomic E-state index is -0.450. The predicted molar refractivity (Wildman–Crippen MR) is 118 cm³/mol. The molecule has 4 rings (SSSR count). The van der Waals surface area contributed by atoms with E-state index in [2.05, 4.69) is 16.3 Å². The van der Waals surface area contributed by atoms with Crippen molar-refractivity contribution in [2.24, 2.45) is 0 Å². The van der Waals surface area contributed by atoms with Crippen molar-refractivity contribution >= 4 is 23.4 Å². The number of aromatic nitrogens is 3. The fourth-order valence-electron chi connectivity index (χ4n) is 3.41. The highest BCUT2D eigenvalue weighted by atomic mass is 32.2. The van der Waals surface area contributed by atoms with Crippen LogP contribution in [0.2, 0.25) is 0 Å². The molecule has 6 nitrogen and oxygen atoms in total. The Kier molecular flexibility index (Phi) is 6.33. The number of benzene rings is 2. The molecule has 0 saturated heterocycles. The van der Waals surface area contributed by atoms with E-state index < -0.39 is 5.25 Å². The van der Waals surface area contributed by atoms with E-state index in [9.17, 15) is 9.18 Å². The molecular formula is C23H22FN5OS. The molecule has 31 heavy (non-hydrogen) atoms. The quantitative estimate of drug-likeness (QED) is 0.473. The smallest absolute Gasteiger partial charge is 0.240 e. The van der Waals surface area contributed by atoms with Crippen molar-refractivity contribution in [3.8, 4) is 17.5 Å². The number of nitrogens with zero attached hydrogens (tertiary/aromatic N) is 5. The van der Waals surface area contributed by atoms with Gasteiger partial charge in [-0.25, -0.2) is 4.39 Å². The summed E-state index contributed by atoms with van der Waals surface area (Å²) in [5.41, 5.74) is 1.17. The second-order valence-corrected chi connectivity index (χ2v) is 8.69. The highest BCUT2D eigenvalue weighted by Gasteiger charge is 2.33. The summed E-state index contributed by atoms with van der Waals surface area (Å²) >= 11 is 1.32. The molecule has 1 amide bonds. The van der Waals surface area contributed by atoms with Crippen molar-refractivity contribution in [3.05, 3.63) is 60.4 Å². The molecule has 1 unspecified atom stereocenters. The molecule has 1 fully saturated rings. The van der Waals surface area contributed by atoms with Crippen molar-refractivity contribution in [1.29, 1.82) is 5.26 Å². The van der Waals surface area contributed by atoms with Gasteiger partial charge in [-0.1, -0.05) is 42.1 Å². The molecule has 1 atom stereocenters. The van der Waals surface area contributed by atoms with E-state index >= 15 is 0 Å². The van der Waals surface area contributed by atoms with E-state index in [0.717, 1.165) is 18.5 Å². The monoisotopic (exact) mass is 435 g/mol. The summed E-state index contributed by atoms with van der Waals surface area (Å²) in [4.78, 5) is 14.9. The summed E-state index contributed by atoms with van der Waals surface area (Å²) in [6.45, 7) is 2.14. The van der Waals surface area contributed by atoms with Gasteiger partial charge in [0.25, 0.3) is 0 Å². The fraction of sp³-hybridized carbons (Fsp3) is 0.304. The Morgan fingerprint density at radius 3 is 2.61 bits per heavy atom. The largest absolute Gasteiger partial charge is 0.310 e. The second kappa shape index (κ2) is 9.31. The number of anilines is 1. The van der Waals surface area contributed by atoms with Crippen LogP contribution in [0.4, 0.5) is 10.1 Å². The molecule has 8 heteroatoms. The van der Waals surface area contributed by atoms with E-state index in [1.165, 1.54) is 17.8 Å². The van der Waals surface area contributed by atoms with Crippen molar-refractivity contribution in [2.45, 2.75) is 42.6 Å². The van der Waals surface area contributed by atoms with Crippen LogP contribution in [0.3, 0.4) is 0 Å². The lowest BCUT2D eigenvalue weighted by atomic mass is 10.2. The third-order valence-corrected chi connectivity index (χ3v) is 6.15. The summed E-state index contributed by atoms with van der Waals surface area (Å²) in [5.74, 6) is 0.0422. The molecule has 1 aliphatic carbocycles. The van der Waals surface area contributed by atoms with Gasteiger partial charge in [0.1, 0.15) is 5.82 Å². The first kappa shape index (κ1) is 21.1. The van der Waals surface area contributed by atoms with Gasteiger partial charge in [-0.2, -0.15) is 5.26 Å². The minimum absolute atomic E-state index is 0.107. The number of thioether (sulfide) groups is 1. The molecular weight excluding hydrogens is 413 g/mol. The summed E-state index contributed by atoms with van der Waals surface area (Å²) in [5, 5.41) is 17.7. The Balaban J connectivity index is 1.59. The lowest BCUT2D eigenvalue weighted by Gasteiger charge is -2.25. The number of carbonyl (C=O) groups excluding carboxylic acids is 1. The van der Waals surface area contributed by atoms with E-state index in [1.54, 1.807) is 23.1 Å². The van der Waals surface area contributed by atoms with E-state index in [0.29, 0.717) is 23.1 Å². The topological polar surface area (TPSA) is 74.8 Å². The lowest BCUT2D eigenvalue weighted by Crippen LogP contribution is -2.37. The average molecular weight is 436 g/mol. The van der Waals surface area contributed by atoms with Crippen molar-refractivity contribution in [2.75, 3.05) is 11.4 Å². The second-order valence-electron chi connectivity index (χ2n) is 7.38. The Labute approximate surface area is 184 Å². The van der Waals surface area contributed by atoms with Crippen molar-refractivity contribution < 1.29 is 9.18 Å². The van der Waals surface area contributed by atoms with Gasteiger partial charge in [-0.3, -0.25) is 9.36 Å². The average Bonchev–Trinajstić information content (AvgIpc) is 3.55. The van der Waals surface area contributed by atoms with Gasteiger partial charge < -0.3 is 4.90 Å². The van der Waals surface area contributed by atoms with E-state index in [1.807, 2.05) is 41.8 Å². The summed E-state index contributed by atoms with van der Waals surface area (Å²) in [7, 11) is 0. The Morgan fingerprint density at radius 2 is 1.94 bits per heavy atom. The molecule has 0 aliphatic heterocycles. The molecule has 158 valence electrons. The maximum atomic E-state index is 14.4. The third-order valence-electron chi connectivity index (χ3n) is 5.10. The predicted octanol–water partition coefficient (Wildman–Crippen LogP) is 4.85. The highest BCUT2D eigenvalue weighted by Crippen LogP contribution is 2.42. The first-order chi connectivity index (χ1) is 15.1. The minimum Gasteiger partial charge on any atom is -0.310 e. The molecule has 3 aromatic rings. The third kappa shape index (κ3) is 4.62. The maximum Gasteiger partial charge on any atom is 0.240 e. The zero-order valence-electron chi connectivity index (χ0n) is 17.1. The Hall–Kier alpha value is -3.18. The van der Waals surface area contributed by atoms with Crippen molar-refractivity contribution in [1.82, 2.24) is 14.8 Å². The number of para-hydroxylation sites is 1. The van der Waals surface area contributed by atoms with Crippen LogP contribution in [-0.4, -0.2) is 32.5 Å². The summed E-state index contributed by atoms with van der Waals surface area (Å²) in [6.07, 6.45) is 2.20. The highest BCUT2D eigenvalue weighted by molar-refractivity contribution is 8.00. The first-order valence-electron chi connectivity index (χ1n) is 10.2. The molecule has 0 radical (unpaired) electrons. The molecule has 1 saturated carbocycles. The normalized spacial score (nSPS) is 14.1. The molecule has 0 N–H and O–H groups in total. The van der Waals surface area contributed by atoms with Crippen LogP contribution in [0.15, 0.2) is 59.8 Å². The lowest BCUT2D eigenvalue weighted by molar-refractivity contribution is -0.117. The maximum absolute atomic E-state index is 14.4. The zero-order valence-corrected chi connectivity index (χ0v) is 17.9. The van der Waals surface area contributed by atoms with Gasteiger partial charge in [0.2, 0.25) is 5.91 Å². The van der Waals surface area contributed by atoms with Gasteiger partial charge >= 0.3 is 0 Å². The first-order valence-corrected chi connectivity index (χ1v) is 11.1. The van der Waals surface area contributed by atoms with E-state index in [4.69, 9.17) is 5.26 Å². The van der Waals surface area contributed by atoms with Crippen LogP contribution >= 0.6 is 11.8 Å². The van der Waals surface area contributed by atoms with Gasteiger partial charge in [-0.15, -0.1) is 10.2 Å². The van der Waals surface area contributed by atoms with Crippen LogP contribution in [0, 0.1) is 17.1 Å². The summed E-state index contributed by atoms with van der Waals surface area (Å²) < 4.78 is 16.3. The van der Waals surface area contributed by atoms with Gasteiger partial charge in [0, 0.05) is 18.3 Å². The van der Waals surface area contributed by atoms with Crippen LogP contribution < -0.4 is 4.90 Å². The van der Waals surface area contributed by atoms with Crippen LogP contribution in [0.5, 0.6) is 0 Å². The molecule has 0 bridgehead atoms. The molecule has 1 heterocycles. The van der Waals surface area contributed by atoms with Gasteiger partial charge in [0.15, 0.2) is 11.0 Å². The summed E-state index contributed by atoms with van der Waals surface area (Å²) in [6, 6.07) is 18.2. The van der Waals surface area contributed by atoms with Gasteiger partial charge in [0.05, 0.1) is 23.3 Å². The van der Waals surface area contributed by atoms with Crippen LogP contribution in [-0.2, 0) is 4.79 Å². The molecule has 2 aromatic carbocycles. The number of hydrogen-bond donors (Lipinski definition) is 0. The van der Waals surface area contributed by atoms with Crippen LogP contribution in [0.1, 0.15) is 32.2 Å². The number of rotatable bonds is 8. The molecule has 1 aliphatic rings. The Morgan fingerprint density at radius 1 is 1.23 bits per heavy atom. The Bertz CT molecular complexity index is 1110. The fourth-order valence-corrected chi connectivity index (χ4v) is 4.39. The number of carbonyl (C=O) groups is 1. The number of halogens is 1. The number of nitriles is 1. The van der Waals surface area contributed by atoms with Gasteiger partial charge in [-0.05, 0) is 44.0 Å². The zero-order chi connectivity index (χ0) is 21.8.